The number of benzene rings is 3. The topological polar surface area (TPSA) is 67.9 Å². The van der Waals surface area contributed by atoms with Gasteiger partial charge in [-0.15, -0.1) is 0 Å². The minimum absolute atomic E-state index is 0.00922. The molecule has 8 heteroatoms. The van der Waals surface area contributed by atoms with E-state index in [4.69, 9.17) is 9.47 Å². The van der Waals surface area contributed by atoms with Gasteiger partial charge in [0, 0.05) is 4.47 Å². The monoisotopic (exact) mass is 496 g/mol. The van der Waals surface area contributed by atoms with Crippen molar-refractivity contribution >= 4 is 39.5 Å². The number of nitrogens with zero attached hydrogens (tertiary/aromatic N) is 1. The fraction of sp³-hybridized carbons (Fsp3) is 0.0833. The molecular formula is C24H18BrFN2O4. The van der Waals surface area contributed by atoms with Crippen LogP contribution in [0.3, 0.4) is 0 Å². The number of halogens is 2. The first-order valence-electron chi connectivity index (χ1n) is 9.62. The molecule has 1 N–H and O–H groups in total. The van der Waals surface area contributed by atoms with E-state index in [2.05, 4.69) is 21.4 Å². The lowest BCUT2D eigenvalue weighted by molar-refractivity contribution is -0.117. The molecule has 0 unspecified atom stereocenters. The third-order valence-corrected chi connectivity index (χ3v) is 5.31. The number of methoxy groups -OCH3 is 1. The van der Waals surface area contributed by atoms with Crippen LogP contribution in [0.4, 0.5) is 10.1 Å². The molecule has 32 heavy (non-hydrogen) atoms. The van der Waals surface area contributed by atoms with Crippen LogP contribution in [0.25, 0.3) is 6.08 Å². The molecule has 0 radical (unpaired) electrons. The Morgan fingerprint density at radius 3 is 2.41 bits per heavy atom. The standard InChI is InChI=1S/C24H18BrFN2O4/c1-31-22-13-16(4-11-21(22)32-14-15-2-7-18(26)8-3-15)12-20-23(29)27-28(24(20)30)19-9-5-17(25)6-10-19/h2-13H,14H2,1H3,(H,27,29). The number of hydrogen-bond acceptors (Lipinski definition) is 4. The van der Waals surface area contributed by atoms with Crippen LogP contribution in [0.5, 0.6) is 11.5 Å². The molecule has 0 atom stereocenters. The maximum atomic E-state index is 13.0. The largest absolute Gasteiger partial charge is 0.493 e. The van der Waals surface area contributed by atoms with E-state index in [1.54, 1.807) is 54.6 Å². The van der Waals surface area contributed by atoms with Gasteiger partial charge in [-0.05, 0) is 65.7 Å². The summed E-state index contributed by atoms with van der Waals surface area (Å²) in [5.41, 5.74) is 4.54. The van der Waals surface area contributed by atoms with Gasteiger partial charge in [-0.1, -0.05) is 34.1 Å². The Balaban J connectivity index is 1.53. The molecule has 0 saturated carbocycles. The van der Waals surface area contributed by atoms with Crippen molar-refractivity contribution in [3.63, 3.8) is 0 Å². The first kappa shape index (κ1) is 21.6. The van der Waals surface area contributed by atoms with E-state index < -0.39 is 11.8 Å². The van der Waals surface area contributed by atoms with Crippen molar-refractivity contribution < 1.29 is 23.5 Å². The van der Waals surface area contributed by atoms with Crippen molar-refractivity contribution in [2.75, 3.05) is 12.1 Å². The lowest BCUT2D eigenvalue weighted by atomic mass is 10.1. The number of rotatable bonds is 6. The molecule has 6 nitrogen and oxygen atoms in total. The molecule has 162 valence electrons. The number of nitrogens with one attached hydrogen (secondary N) is 1. The summed E-state index contributed by atoms with van der Waals surface area (Å²) >= 11 is 3.34. The molecule has 0 aliphatic carbocycles. The number of hydrogen-bond donors (Lipinski definition) is 1. The van der Waals surface area contributed by atoms with Crippen LogP contribution in [-0.2, 0) is 16.2 Å². The van der Waals surface area contributed by atoms with Crippen molar-refractivity contribution in [2.24, 2.45) is 0 Å². The van der Waals surface area contributed by atoms with E-state index in [0.717, 1.165) is 10.0 Å². The zero-order chi connectivity index (χ0) is 22.7. The van der Waals surface area contributed by atoms with Crippen molar-refractivity contribution in [2.45, 2.75) is 6.61 Å². The number of hydrazine groups is 1. The highest BCUT2D eigenvalue weighted by atomic mass is 79.9. The quantitative estimate of drug-likeness (QED) is 0.398. The lowest BCUT2D eigenvalue weighted by Gasteiger charge is -2.14. The van der Waals surface area contributed by atoms with E-state index in [0.29, 0.717) is 22.7 Å². The summed E-state index contributed by atoms with van der Waals surface area (Å²) in [6.07, 6.45) is 1.50. The fourth-order valence-corrected chi connectivity index (χ4v) is 3.40. The number of carbonyl (C=O) groups excluding carboxylic acids is 2. The van der Waals surface area contributed by atoms with Crippen LogP contribution in [-0.4, -0.2) is 18.9 Å². The number of carbonyl (C=O) groups is 2. The first-order chi connectivity index (χ1) is 15.4. The third-order valence-electron chi connectivity index (χ3n) is 4.78. The Morgan fingerprint density at radius 2 is 1.72 bits per heavy atom. The van der Waals surface area contributed by atoms with Crippen molar-refractivity contribution in [1.29, 1.82) is 0 Å². The Labute approximate surface area is 192 Å². The summed E-state index contributed by atoms with van der Waals surface area (Å²) in [6, 6.07) is 18.1. The van der Waals surface area contributed by atoms with Gasteiger partial charge in [0.2, 0.25) is 0 Å². The van der Waals surface area contributed by atoms with E-state index in [1.807, 2.05) is 0 Å². The average Bonchev–Trinajstić information content (AvgIpc) is 3.08. The highest BCUT2D eigenvalue weighted by molar-refractivity contribution is 9.10. The van der Waals surface area contributed by atoms with Crippen LogP contribution in [0, 0.1) is 5.82 Å². The Bertz CT molecular complexity index is 1190. The zero-order valence-electron chi connectivity index (χ0n) is 17.0. The molecule has 0 aromatic heterocycles. The zero-order valence-corrected chi connectivity index (χ0v) is 18.6. The SMILES string of the molecule is COc1cc(C=C2C(=O)NN(c3ccc(Br)cc3)C2=O)ccc1OCc1ccc(F)cc1. The Kier molecular flexibility index (Phi) is 6.23. The maximum Gasteiger partial charge on any atom is 0.282 e. The van der Waals surface area contributed by atoms with Gasteiger partial charge in [-0.2, -0.15) is 0 Å². The predicted octanol–water partition coefficient (Wildman–Crippen LogP) is 4.64. The number of ether oxygens (including phenoxy) is 2. The second kappa shape index (κ2) is 9.23. The molecule has 4 rings (SSSR count). The van der Waals surface area contributed by atoms with Crippen molar-refractivity contribution in [3.05, 3.63) is 93.7 Å². The summed E-state index contributed by atoms with van der Waals surface area (Å²) in [4.78, 5) is 25.2. The van der Waals surface area contributed by atoms with Crippen LogP contribution < -0.4 is 19.9 Å². The minimum atomic E-state index is -0.492. The smallest absolute Gasteiger partial charge is 0.282 e. The summed E-state index contributed by atoms with van der Waals surface area (Å²) < 4.78 is 25.1. The minimum Gasteiger partial charge on any atom is -0.493 e. The molecule has 1 aliphatic rings. The summed E-state index contributed by atoms with van der Waals surface area (Å²) in [5, 5.41) is 1.21. The summed E-state index contributed by atoms with van der Waals surface area (Å²) in [7, 11) is 1.50. The Hall–Kier alpha value is -3.65. The van der Waals surface area contributed by atoms with E-state index in [9.17, 15) is 14.0 Å². The third kappa shape index (κ3) is 4.65. The normalized spacial score (nSPS) is 14.6. The fourth-order valence-electron chi connectivity index (χ4n) is 3.13. The molecule has 1 heterocycles. The van der Waals surface area contributed by atoms with E-state index in [-0.39, 0.29) is 18.0 Å². The number of anilines is 1. The van der Waals surface area contributed by atoms with Crippen LogP contribution in [0.1, 0.15) is 11.1 Å². The summed E-state index contributed by atoms with van der Waals surface area (Å²) in [6.45, 7) is 0.236. The van der Waals surface area contributed by atoms with Crippen LogP contribution in [0.15, 0.2) is 76.8 Å². The summed E-state index contributed by atoms with van der Waals surface area (Å²) in [5.74, 6) is -0.330. The van der Waals surface area contributed by atoms with Gasteiger partial charge in [0.05, 0.1) is 12.8 Å². The van der Waals surface area contributed by atoms with Gasteiger partial charge >= 0.3 is 0 Å². The molecule has 1 fully saturated rings. The molecule has 1 aliphatic heterocycles. The van der Waals surface area contributed by atoms with Crippen LogP contribution in [0.2, 0.25) is 0 Å². The molecule has 0 bridgehead atoms. The number of amides is 2. The highest BCUT2D eigenvalue weighted by Crippen LogP contribution is 2.30. The van der Waals surface area contributed by atoms with Crippen molar-refractivity contribution in [1.82, 2.24) is 5.43 Å². The molecule has 3 aromatic rings. The highest BCUT2D eigenvalue weighted by Gasteiger charge is 2.34. The molecule has 2 amide bonds. The molecule has 3 aromatic carbocycles. The Morgan fingerprint density at radius 1 is 1.00 bits per heavy atom. The average molecular weight is 497 g/mol. The predicted molar refractivity (Wildman–Crippen MR) is 121 cm³/mol. The van der Waals surface area contributed by atoms with Gasteiger partial charge in [0.15, 0.2) is 11.5 Å². The molecule has 1 saturated heterocycles. The second-order valence-corrected chi connectivity index (χ2v) is 7.86. The van der Waals surface area contributed by atoms with Gasteiger partial charge in [-0.3, -0.25) is 15.0 Å². The van der Waals surface area contributed by atoms with E-state index in [1.165, 1.54) is 30.3 Å². The van der Waals surface area contributed by atoms with E-state index >= 15 is 0 Å². The van der Waals surface area contributed by atoms with Crippen molar-refractivity contribution in [3.8, 4) is 11.5 Å². The van der Waals surface area contributed by atoms with Gasteiger partial charge < -0.3 is 9.47 Å². The molecular weight excluding hydrogens is 479 g/mol. The first-order valence-corrected chi connectivity index (χ1v) is 10.4. The van der Waals surface area contributed by atoms with Gasteiger partial charge in [-0.25, -0.2) is 9.40 Å². The molecule has 0 spiro atoms. The second-order valence-electron chi connectivity index (χ2n) is 6.94. The van der Waals surface area contributed by atoms with Gasteiger partial charge in [0.1, 0.15) is 18.0 Å². The van der Waals surface area contributed by atoms with Gasteiger partial charge in [0.25, 0.3) is 11.8 Å². The lowest BCUT2D eigenvalue weighted by Crippen LogP contribution is -2.35. The van der Waals surface area contributed by atoms with Crippen LogP contribution >= 0.6 is 15.9 Å². The maximum absolute atomic E-state index is 13.0.